The SMILES string of the molecule is C=CCC(NC(=O)OCC(CC)CCCC)C(=O)OCCCCC. The molecule has 0 aliphatic rings. The topological polar surface area (TPSA) is 64.6 Å². The van der Waals surface area contributed by atoms with Crippen molar-refractivity contribution in [2.45, 2.75) is 78.2 Å². The summed E-state index contributed by atoms with van der Waals surface area (Å²) < 4.78 is 10.5. The number of unbranched alkanes of at least 4 members (excludes halogenated alkanes) is 3. The van der Waals surface area contributed by atoms with E-state index in [1.54, 1.807) is 6.08 Å². The fourth-order valence-electron chi connectivity index (χ4n) is 2.28. The Bertz CT molecular complexity index is 357. The Morgan fingerprint density at radius 3 is 2.38 bits per heavy atom. The van der Waals surface area contributed by atoms with Crippen molar-refractivity contribution in [1.29, 1.82) is 0 Å². The number of amides is 1. The summed E-state index contributed by atoms with van der Waals surface area (Å²) in [6.45, 7) is 10.7. The van der Waals surface area contributed by atoms with Gasteiger partial charge in [-0.1, -0.05) is 59.0 Å². The van der Waals surface area contributed by atoms with E-state index in [9.17, 15) is 9.59 Å². The van der Waals surface area contributed by atoms with Gasteiger partial charge in [-0.25, -0.2) is 9.59 Å². The Balaban J connectivity index is 4.25. The summed E-state index contributed by atoms with van der Waals surface area (Å²) in [7, 11) is 0. The van der Waals surface area contributed by atoms with Gasteiger partial charge in [-0.3, -0.25) is 0 Å². The van der Waals surface area contributed by atoms with Crippen LogP contribution in [0.25, 0.3) is 0 Å². The minimum atomic E-state index is -0.729. The fraction of sp³-hybridized carbons (Fsp3) is 0.789. The van der Waals surface area contributed by atoms with Crippen LogP contribution >= 0.6 is 0 Å². The standard InChI is InChI=1S/C19H35NO4/c1-5-9-11-14-23-18(21)17(12-7-3)20-19(22)24-15-16(8-4)13-10-6-2/h7,16-17H,3,5-6,8-15H2,1-2,4H3,(H,20,22). The molecule has 2 atom stereocenters. The molecule has 0 fully saturated rings. The van der Waals surface area contributed by atoms with Gasteiger partial charge in [0.05, 0.1) is 13.2 Å². The average molecular weight is 341 g/mol. The van der Waals surface area contributed by atoms with Crippen molar-refractivity contribution in [1.82, 2.24) is 5.32 Å². The lowest BCUT2D eigenvalue weighted by Crippen LogP contribution is -2.42. The highest BCUT2D eigenvalue weighted by Crippen LogP contribution is 2.13. The predicted octanol–water partition coefficient (Wildman–Crippen LogP) is 4.61. The van der Waals surface area contributed by atoms with Crippen LogP contribution in [0.2, 0.25) is 0 Å². The molecular weight excluding hydrogens is 306 g/mol. The zero-order valence-corrected chi connectivity index (χ0v) is 15.6. The molecule has 1 amide bonds. The molecular formula is C19H35NO4. The Hall–Kier alpha value is -1.52. The highest BCUT2D eigenvalue weighted by molar-refractivity contribution is 5.81. The van der Waals surface area contributed by atoms with Crippen molar-refractivity contribution < 1.29 is 19.1 Å². The maximum absolute atomic E-state index is 12.0. The van der Waals surface area contributed by atoms with Gasteiger partial charge in [0.15, 0.2) is 0 Å². The van der Waals surface area contributed by atoms with Crippen LogP contribution < -0.4 is 5.32 Å². The maximum atomic E-state index is 12.0. The zero-order valence-electron chi connectivity index (χ0n) is 15.6. The Morgan fingerprint density at radius 1 is 1.08 bits per heavy atom. The normalized spacial score (nSPS) is 13.0. The smallest absolute Gasteiger partial charge is 0.407 e. The van der Waals surface area contributed by atoms with Gasteiger partial charge in [0, 0.05) is 0 Å². The molecule has 0 aromatic heterocycles. The van der Waals surface area contributed by atoms with E-state index in [1.165, 1.54) is 0 Å². The summed E-state index contributed by atoms with van der Waals surface area (Å²) in [6.07, 6.45) is 8.56. The fourth-order valence-corrected chi connectivity index (χ4v) is 2.28. The van der Waals surface area contributed by atoms with Gasteiger partial charge in [-0.2, -0.15) is 0 Å². The van der Waals surface area contributed by atoms with Crippen LogP contribution in [0.1, 0.15) is 72.1 Å². The largest absolute Gasteiger partial charge is 0.464 e. The minimum Gasteiger partial charge on any atom is -0.464 e. The van der Waals surface area contributed by atoms with E-state index in [0.29, 0.717) is 25.6 Å². The summed E-state index contributed by atoms with van der Waals surface area (Å²) in [5, 5.41) is 2.59. The second-order valence-electron chi connectivity index (χ2n) is 6.11. The molecule has 0 aliphatic carbocycles. The number of carbonyl (C=O) groups excluding carboxylic acids is 2. The molecule has 2 unspecified atom stereocenters. The van der Waals surface area contributed by atoms with Crippen LogP contribution in [0.3, 0.4) is 0 Å². The first kappa shape index (κ1) is 22.5. The van der Waals surface area contributed by atoms with E-state index in [2.05, 4.69) is 32.7 Å². The highest BCUT2D eigenvalue weighted by atomic mass is 16.6. The van der Waals surface area contributed by atoms with Gasteiger partial charge in [-0.05, 0) is 25.2 Å². The Labute approximate surface area is 147 Å². The molecule has 140 valence electrons. The number of rotatable bonds is 14. The van der Waals surface area contributed by atoms with E-state index in [-0.39, 0.29) is 0 Å². The minimum absolute atomic E-state index is 0.328. The van der Waals surface area contributed by atoms with Crippen LogP contribution in [-0.2, 0) is 14.3 Å². The van der Waals surface area contributed by atoms with E-state index >= 15 is 0 Å². The first-order chi connectivity index (χ1) is 11.6. The van der Waals surface area contributed by atoms with Crippen LogP contribution in [0, 0.1) is 5.92 Å². The maximum Gasteiger partial charge on any atom is 0.407 e. The molecule has 0 aromatic rings. The van der Waals surface area contributed by atoms with Gasteiger partial charge in [0.1, 0.15) is 6.04 Å². The second kappa shape index (κ2) is 15.0. The predicted molar refractivity (Wildman–Crippen MR) is 96.9 cm³/mol. The molecule has 0 saturated carbocycles. The third-order valence-corrected chi connectivity index (χ3v) is 3.96. The number of esters is 1. The zero-order chi connectivity index (χ0) is 18.2. The van der Waals surface area contributed by atoms with Gasteiger partial charge in [0.25, 0.3) is 0 Å². The summed E-state index contributed by atoms with van der Waals surface area (Å²) in [6, 6.07) is -0.729. The van der Waals surface area contributed by atoms with Crippen molar-refractivity contribution in [3.8, 4) is 0 Å². The monoisotopic (exact) mass is 341 g/mol. The van der Waals surface area contributed by atoms with Gasteiger partial charge < -0.3 is 14.8 Å². The molecule has 0 radical (unpaired) electrons. The molecule has 0 aromatic carbocycles. The van der Waals surface area contributed by atoms with Crippen molar-refractivity contribution in [2.75, 3.05) is 13.2 Å². The summed E-state index contributed by atoms with van der Waals surface area (Å²) in [4.78, 5) is 24.0. The molecule has 0 aliphatic heterocycles. The van der Waals surface area contributed by atoms with Crippen LogP contribution in [0.5, 0.6) is 0 Å². The molecule has 0 saturated heterocycles. The number of hydrogen-bond acceptors (Lipinski definition) is 4. The van der Waals surface area contributed by atoms with Crippen molar-refractivity contribution >= 4 is 12.1 Å². The lowest BCUT2D eigenvalue weighted by Gasteiger charge is -2.18. The summed E-state index contributed by atoms with van der Waals surface area (Å²) >= 11 is 0. The number of ether oxygens (including phenoxy) is 2. The van der Waals surface area contributed by atoms with E-state index < -0.39 is 18.1 Å². The lowest BCUT2D eigenvalue weighted by atomic mass is 10.0. The highest BCUT2D eigenvalue weighted by Gasteiger charge is 2.22. The summed E-state index contributed by atoms with van der Waals surface area (Å²) in [5.41, 5.74) is 0. The van der Waals surface area contributed by atoms with Crippen molar-refractivity contribution in [3.63, 3.8) is 0 Å². The third-order valence-electron chi connectivity index (χ3n) is 3.96. The molecule has 0 bridgehead atoms. The first-order valence-electron chi connectivity index (χ1n) is 9.29. The van der Waals surface area contributed by atoms with Crippen LogP contribution in [-0.4, -0.2) is 31.3 Å². The lowest BCUT2D eigenvalue weighted by molar-refractivity contribution is -0.146. The third kappa shape index (κ3) is 11.1. The van der Waals surface area contributed by atoms with E-state index in [4.69, 9.17) is 9.47 Å². The molecule has 24 heavy (non-hydrogen) atoms. The quantitative estimate of drug-likeness (QED) is 0.285. The summed E-state index contributed by atoms with van der Waals surface area (Å²) in [5.74, 6) is -0.0597. The van der Waals surface area contributed by atoms with Gasteiger partial charge in [0.2, 0.25) is 0 Å². The number of carbonyl (C=O) groups is 2. The first-order valence-corrected chi connectivity index (χ1v) is 9.29. The molecule has 5 nitrogen and oxygen atoms in total. The number of hydrogen-bond donors (Lipinski definition) is 1. The van der Waals surface area contributed by atoms with Gasteiger partial charge in [-0.15, -0.1) is 6.58 Å². The van der Waals surface area contributed by atoms with Crippen LogP contribution in [0.4, 0.5) is 4.79 Å². The Kier molecular flexibility index (Phi) is 14.1. The van der Waals surface area contributed by atoms with Crippen LogP contribution in [0.15, 0.2) is 12.7 Å². The molecule has 0 spiro atoms. The molecule has 1 N–H and O–H groups in total. The number of nitrogens with one attached hydrogen (secondary N) is 1. The van der Waals surface area contributed by atoms with E-state index in [0.717, 1.165) is 44.9 Å². The second-order valence-corrected chi connectivity index (χ2v) is 6.11. The van der Waals surface area contributed by atoms with Crippen molar-refractivity contribution in [3.05, 3.63) is 12.7 Å². The molecule has 0 rings (SSSR count). The molecule has 0 heterocycles. The van der Waals surface area contributed by atoms with Crippen molar-refractivity contribution in [2.24, 2.45) is 5.92 Å². The number of alkyl carbamates (subject to hydrolysis) is 1. The van der Waals surface area contributed by atoms with E-state index in [1.807, 2.05) is 0 Å². The average Bonchev–Trinajstić information content (AvgIpc) is 2.58. The van der Waals surface area contributed by atoms with Gasteiger partial charge >= 0.3 is 12.1 Å². The molecule has 5 heteroatoms. The Morgan fingerprint density at radius 2 is 1.79 bits per heavy atom.